The molecule has 1 aromatic carbocycles. The molecule has 0 aliphatic heterocycles. The van der Waals surface area contributed by atoms with Crippen molar-refractivity contribution in [3.05, 3.63) is 22.8 Å². The molecule has 3 heteroatoms. The van der Waals surface area contributed by atoms with E-state index in [1.807, 2.05) is 13.8 Å². The molecule has 13 heavy (non-hydrogen) atoms. The molecule has 0 bridgehead atoms. The second-order valence-corrected chi connectivity index (χ2v) is 3.19. The van der Waals surface area contributed by atoms with E-state index in [0.29, 0.717) is 0 Å². The van der Waals surface area contributed by atoms with Crippen molar-refractivity contribution in [1.82, 2.24) is 0 Å². The summed E-state index contributed by atoms with van der Waals surface area (Å²) in [5, 5.41) is 0. The molecule has 0 aliphatic carbocycles. The number of nitrogen functional groups attached to an aromatic ring is 1. The fourth-order valence-electron chi connectivity index (χ4n) is 1.49. The Kier molecular flexibility index (Phi) is 2.78. The summed E-state index contributed by atoms with van der Waals surface area (Å²) in [6.45, 7) is 6.09. The number of hydrazine groups is 1. The molecule has 0 heterocycles. The van der Waals surface area contributed by atoms with Gasteiger partial charge in [-0.1, -0.05) is 6.07 Å². The van der Waals surface area contributed by atoms with Gasteiger partial charge in [-0.05, 0) is 37.5 Å². The van der Waals surface area contributed by atoms with Crippen LogP contribution in [0.2, 0.25) is 0 Å². The van der Waals surface area contributed by atoms with Crippen molar-refractivity contribution in [1.29, 1.82) is 0 Å². The Balaban J connectivity index is 3.41. The van der Waals surface area contributed by atoms with Gasteiger partial charge in [0.1, 0.15) is 5.75 Å². The Morgan fingerprint density at radius 3 is 2.31 bits per heavy atom. The minimum absolute atomic E-state index is 0.833. The molecule has 0 saturated heterocycles. The monoisotopic (exact) mass is 180 g/mol. The van der Waals surface area contributed by atoms with E-state index >= 15 is 0 Å². The van der Waals surface area contributed by atoms with E-state index in [9.17, 15) is 0 Å². The quantitative estimate of drug-likeness (QED) is 0.540. The van der Waals surface area contributed by atoms with E-state index in [2.05, 4.69) is 18.4 Å². The fourth-order valence-corrected chi connectivity index (χ4v) is 1.49. The van der Waals surface area contributed by atoms with Crippen LogP contribution >= 0.6 is 0 Å². The summed E-state index contributed by atoms with van der Waals surface area (Å²) in [5.41, 5.74) is 6.97. The second kappa shape index (κ2) is 3.66. The highest BCUT2D eigenvalue weighted by atomic mass is 16.5. The van der Waals surface area contributed by atoms with Crippen LogP contribution in [0.15, 0.2) is 6.07 Å². The average molecular weight is 180 g/mol. The zero-order valence-electron chi connectivity index (χ0n) is 8.56. The van der Waals surface area contributed by atoms with Crippen LogP contribution in [0.4, 0.5) is 5.69 Å². The lowest BCUT2D eigenvalue weighted by Crippen LogP contribution is -2.10. The Labute approximate surface area is 78.9 Å². The normalized spacial score (nSPS) is 9.92. The van der Waals surface area contributed by atoms with Crippen molar-refractivity contribution >= 4 is 5.69 Å². The molecule has 0 radical (unpaired) electrons. The highest BCUT2D eigenvalue weighted by Gasteiger charge is 2.10. The maximum atomic E-state index is 5.42. The first-order valence-electron chi connectivity index (χ1n) is 4.23. The van der Waals surface area contributed by atoms with Crippen LogP contribution in [0, 0.1) is 20.8 Å². The van der Waals surface area contributed by atoms with Crippen molar-refractivity contribution in [2.75, 3.05) is 12.5 Å². The zero-order chi connectivity index (χ0) is 10.0. The topological polar surface area (TPSA) is 47.3 Å². The van der Waals surface area contributed by atoms with Gasteiger partial charge in [-0.25, -0.2) is 0 Å². The molecule has 0 atom stereocenters. The SMILES string of the molecule is COc1c(C)c(C)cc(C)c1NN. The summed E-state index contributed by atoms with van der Waals surface area (Å²) in [4.78, 5) is 0. The lowest BCUT2D eigenvalue weighted by atomic mass is 10.0. The van der Waals surface area contributed by atoms with Crippen molar-refractivity contribution in [3.63, 3.8) is 0 Å². The molecule has 0 aliphatic rings. The summed E-state index contributed by atoms with van der Waals surface area (Å²) in [5.74, 6) is 6.25. The highest BCUT2D eigenvalue weighted by molar-refractivity contribution is 5.65. The van der Waals surface area contributed by atoms with Crippen molar-refractivity contribution in [2.45, 2.75) is 20.8 Å². The number of ether oxygens (including phenoxy) is 1. The summed E-state index contributed by atoms with van der Waals surface area (Å²) >= 11 is 0. The zero-order valence-corrected chi connectivity index (χ0v) is 8.56. The summed E-state index contributed by atoms with van der Waals surface area (Å²) in [6, 6.07) is 2.09. The van der Waals surface area contributed by atoms with Gasteiger partial charge >= 0.3 is 0 Å². The smallest absolute Gasteiger partial charge is 0.146 e. The number of hydrogen-bond acceptors (Lipinski definition) is 3. The largest absolute Gasteiger partial charge is 0.494 e. The maximum absolute atomic E-state index is 5.42. The predicted octanol–water partition coefficient (Wildman–Crippen LogP) is 1.91. The van der Waals surface area contributed by atoms with Crippen LogP contribution in [0.5, 0.6) is 5.75 Å². The summed E-state index contributed by atoms with van der Waals surface area (Å²) in [6.07, 6.45) is 0. The summed E-state index contributed by atoms with van der Waals surface area (Å²) in [7, 11) is 1.65. The van der Waals surface area contributed by atoms with Crippen molar-refractivity contribution in [2.24, 2.45) is 5.84 Å². The van der Waals surface area contributed by atoms with Crippen LogP contribution in [0.3, 0.4) is 0 Å². The number of benzene rings is 1. The number of nitrogens with one attached hydrogen (secondary N) is 1. The molecular formula is C10H16N2O. The standard InChI is InChI=1S/C10H16N2O/c1-6-5-7(2)9(12-11)10(13-4)8(6)3/h5,12H,11H2,1-4H3. The molecule has 0 fully saturated rings. The van der Waals surface area contributed by atoms with Gasteiger partial charge in [-0.2, -0.15) is 0 Å². The van der Waals surface area contributed by atoms with Gasteiger partial charge in [-0.15, -0.1) is 0 Å². The van der Waals surface area contributed by atoms with Gasteiger partial charge < -0.3 is 10.2 Å². The minimum Gasteiger partial charge on any atom is -0.494 e. The lowest BCUT2D eigenvalue weighted by molar-refractivity contribution is 0.412. The van der Waals surface area contributed by atoms with E-state index in [1.165, 1.54) is 5.56 Å². The third kappa shape index (κ3) is 1.60. The Bertz CT molecular complexity index is 321. The first-order chi connectivity index (χ1) is 6.11. The van der Waals surface area contributed by atoms with Crippen molar-refractivity contribution < 1.29 is 4.74 Å². The van der Waals surface area contributed by atoms with Gasteiger partial charge in [0.15, 0.2) is 0 Å². The third-order valence-corrected chi connectivity index (χ3v) is 2.33. The molecule has 0 aromatic heterocycles. The second-order valence-electron chi connectivity index (χ2n) is 3.19. The Hall–Kier alpha value is -1.22. The molecule has 3 N–H and O–H groups in total. The predicted molar refractivity (Wildman–Crippen MR) is 55.0 cm³/mol. The van der Waals surface area contributed by atoms with Gasteiger partial charge in [0.25, 0.3) is 0 Å². The highest BCUT2D eigenvalue weighted by Crippen LogP contribution is 2.33. The molecule has 0 spiro atoms. The van der Waals surface area contributed by atoms with Gasteiger partial charge in [0, 0.05) is 0 Å². The number of methoxy groups -OCH3 is 1. The number of anilines is 1. The number of aryl methyl sites for hydroxylation is 2. The van der Waals surface area contributed by atoms with E-state index < -0.39 is 0 Å². The maximum Gasteiger partial charge on any atom is 0.146 e. The van der Waals surface area contributed by atoms with E-state index in [1.54, 1.807) is 7.11 Å². The van der Waals surface area contributed by atoms with Gasteiger partial charge in [0.2, 0.25) is 0 Å². The molecular weight excluding hydrogens is 164 g/mol. The van der Waals surface area contributed by atoms with Crippen LogP contribution in [0.1, 0.15) is 16.7 Å². The first-order valence-corrected chi connectivity index (χ1v) is 4.23. The Morgan fingerprint density at radius 1 is 1.23 bits per heavy atom. The average Bonchev–Trinajstić information content (AvgIpc) is 2.10. The molecule has 0 amide bonds. The molecule has 1 rings (SSSR count). The van der Waals surface area contributed by atoms with Crippen LogP contribution in [-0.4, -0.2) is 7.11 Å². The molecule has 0 saturated carbocycles. The van der Waals surface area contributed by atoms with E-state index in [0.717, 1.165) is 22.6 Å². The number of hydrogen-bond donors (Lipinski definition) is 2. The number of rotatable bonds is 2. The lowest BCUT2D eigenvalue weighted by Gasteiger charge is -2.15. The van der Waals surface area contributed by atoms with Crippen LogP contribution in [-0.2, 0) is 0 Å². The van der Waals surface area contributed by atoms with Gasteiger partial charge in [-0.3, -0.25) is 5.84 Å². The number of nitrogens with two attached hydrogens (primary N) is 1. The van der Waals surface area contributed by atoms with Crippen LogP contribution < -0.4 is 16.0 Å². The minimum atomic E-state index is 0.833. The van der Waals surface area contributed by atoms with Crippen molar-refractivity contribution in [3.8, 4) is 5.75 Å². The molecule has 0 unspecified atom stereocenters. The summed E-state index contributed by atoms with van der Waals surface area (Å²) < 4.78 is 5.29. The first kappa shape index (κ1) is 9.86. The van der Waals surface area contributed by atoms with E-state index in [4.69, 9.17) is 10.6 Å². The van der Waals surface area contributed by atoms with Crippen LogP contribution in [0.25, 0.3) is 0 Å². The van der Waals surface area contributed by atoms with E-state index in [-0.39, 0.29) is 0 Å². The molecule has 1 aromatic rings. The molecule has 72 valence electrons. The fraction of sp³-hybridized carbons (Fsp3) is 0.400. The third-order valence-electron chi connectivity index (χ3n) is 2.33. The molecule has 3 nitrogen and oxygen atoms in total. The Morgan fingerprint density at radius 2 is 1.85 bits per heavy atom. The van der Waals surface area contributed by atoms with Gasteiger partial charge in [0.05, 0.1) is 12.8 Å².